The van der Waals surface area contributed by atoms with Crippen molar-refractivity contribution >= 4 is 46.4 Å². The minimum Gasteiger partial charge on any atom is -0.486 e. The van der Waals surface area contributed by atoms with Crippen molar-refractivity contribution in [3.63, 3.8) is 0 Å². The molecule has 1 aromatic heterocycles. The molecule has 0 atom stereocenters. The summed E-state index contributed by atoms with van der Waals surface area (Å²) >= 11 is 17.5. The van der Waals surface area contributed by atoms with E-state index in [0.29, 0.717) is 40.7 Å². The molecule has 5 nitrogen and oxygen atoms in total. The average Bonchev–Trinajstić information content (AvgIpc) is 2.60. The molecular formula is C16H15Cl2N3O2S. The van der Waals surface area contributed by atoms with Crippen LogP contribution in [-0.4, -0.2) is 23.3 Å². The zero-order valence-electron chi connectivity index (χ0n) is 12.9. The Hall–Kier alpha value is -1.76. The van der Waals surface area contributed by atoms with Gasteiger partial charge in [-0.1, -0.05) is 29.3 Å². The van der Waals surface area contributed by atoms with Crippen molar-refractivity contribution in [3.8, 4) is 11.5 Å². The summed E-state index contributed by atoms with van der Waals surface area (Å²) < 4.78 is 11.1. The normalized spacial score (nSPS) is 12.6. The van der Waals surface area contributed by atoms with Crippen molar-refractivity contribution in [2.45, 2.75) is 13.5 Å². The number of fused-ring (bicyclic) bond motifs is 1. The number of pyridine rings is 1. The minimum absolute atomic E-state index is 0.418. The summed E-state index contributed by atoms with van der Waals surface area (Å²) in [6.45, 7) is 3.49. The fraction of sp³-hybridized carbons (Fsp3) is 0.250. The molecule has 0 radical (unpaired) electrons. The molecule has 0 amide bonds. The van der Waals surface area contributed by atoms with Gasteiger partial charge in [0.1, 0.15) is 13.2 Å². The Balaban J connectivity index is 1.61. The molecule has 0 spiro atoms. The third-order valence-corrected chi connectivity index (χ3v) is 4.58. The smallest absolute Gasteiger partial charge is 0.172 e. The lowest BCUT2D eigenvalue weighted by molar-refractivity contribution is 0.171. The molecular weight excluding hydrogens is 369 g/mol. The SMILES string of the molecule is Cc1c(Cl)cnc(NC(=S)NCc2ccc3c(c2)OCCO3)c1Cl. The van der Waals surface area contributed by atoms with Gasteiger partial charge in [0.2, 0.25) is 0 Å². The van der Waals surface area contributed by atoms with Crippen LogP contribution in [-0.2, 0) is 6.54 Å². The van der Waals surface area contributed by atoms with E-state index in [1.807, 2.05) is 25.1 Å². The number of benzene rings is 1. The summed E-state index contributed by atoms with van der Waals surface area (Å²) in [5.41, 5.74) is 1.78. The summed E-state index contributed by atoms with van der Waals surface area (Å²) in [5, 5.41) is 7.46. The van der Waals surface area contributed by atoms with Gasteiger partial charge < -0.3 is 20.1 Å². The number of rotatable bonds is 3. The van der Waals surface area contributed by atoms with Gasteiger partial charge in [0.05, 0.1) is 10.0 Å². The molecule has 0 aliphatic carbocycles. The number of hydrogen-bond donors (Lipinski definition) is 2. The topological polar surface area (TPSA) is 55.4 Å². The van der Waals surface area contributed by atoms with Crippen LogP contribution in [0.5, 0.6) is 11.5 Å². The van der Waals surface area contributed by atoms with Crippen LogP contribution >= 0.6 is 35.4 Å². The molecule has 3 rings (SSSR count). The zero-order valence-corrected chi connectivity index (χ0v) is 15.2. The largest absolute Gasteiger partial charge is 0.486 e. The second-order valence-corrected chi connectivity index (χ2v) is 6.37. The number of halogens is 2. The highest BCUT2D eigenvalue weighted by Gasteiger charge is 2.12. The Morgan fingerprint density at radius 1 is 1.25 bits per heavy atom. The molecule has 0 bridgehead atoms. The fourth-order valence-corrected chi connectivity index (χ4v) is 2.73. The number of ether oxygens (including phenoxy) is 2. The number of thiocarbonyl (C=S) groups is 1. The molecule has 8 heteroatoms. The second-order valence-electron chi connectivity index (χ2n) is 5.18. The predicted molar refractivity (Wildman–Crippen MR) is 99.5 cm³/mol. The van der Waals surface area contributed by atoms with Crippen LogP contribution < -0.4 is 20.1 Å². The van der Waals surface area contributed by atoms with Crippen molar-refractivity contribution in [2.75, 3.05) is 18.5 Å². The molecule has 1 aromatic carbocycles. The number of nitrogens with zero attached hydrogens (tertiary/aromatic N) is 1. The molecule has 0 fully saturated rings. The Morgan fingerprint density at radius 3 is 2.79 bits per heavy atom. The van der Waals surface area contributed by atoms with Gasteiger partial charge in [-0.25, -0.2) is 4.98 Å². The highest BCUT2D eigenvalue weighted by atomic mass is 35.5. The number of anilines is 1. The van der Waals surface area contributed by atoms with E-state index in [-0.39, 0.29) is 0 Å². The Morgan fingerprint density at radius 2 is 2.00 bits per heavy atom. The highest BCUT2D eigenvalue weighted by Crippen LogP contribution is 2.31. The first-order valence-electron chi connectivity index (χ1n) is 7.28. The molecule has 2 heterocycles. The van der Waals surface area contributed by atoms with Crippen LogP contribution in [0, 0.1) is 6.92 Å². The third-order valence-electron chi connectivity index (χ3n) is 3.49. The van der Waals surface area contributed by atoms with E-state index in [9.17, 15) is 0 Å². The molecule has 2 aromatic rings. The number of nitrogens with one attached hydrogen (secondary N) is 2. The first-order valence-corrected chi connectivity index (χ1v) is 8.45. The molecule has 1 aliphatic rings. The van der Waals surface area contributed by atoms with E-state index >= 15 is 0 Å². The monoisotopic (exact) mass is 383 g/mol. The van der Waals surface area contributed by atoms with E-state index in [1.54, 1.807) is 0 Å². The highest BCUT2D eigenvalue weighted by molar-refractivity contribution is 7.80. The van der Waals surface area contributed by atoms with E-state index in [1.165, 1.54) is 6.20 Å². The van der Waals surface area contributed by atoms with Gasteiger partial charge >= 0.3 is 0 Å². The van der Waals surface area contributed by atoms with Crippen LogP contribution in [0.1, 0.15) is 11.1 Å². The van der Waals surface area contributed by atoms with Gasteiger partial charge in [0.15, 0.2) is 22.4 Å². The first kappa shape index (κ1) is 17.1. The Kier molecular flexibility index (Phi) is 5.28. The summed E-state index contributed by atoms with van der Waals surface area (Å²) in [6.07, 6.45) is 1.54. The quantitative estimate of drug-likeness (QED) is 0.782. The van der Waals surface area contributed by atoms with Gasteiger partial charge in [-0.2, -0.15) is 0 Å². The summed E-state index contributed by atoms with van der Waals surface area (Å²) in [7, 11) is 0. The Bertz CT molecular complexity index is 786. The third kappa shape index (κ3) is 3.83. The van der Waals surface area contributed by atoms with Gasteiger partial charge in [-0.05, 0) is 42.4 Å². The molecule has 0 unspecified atom stereocenters. The molecule has 126 valence electrons. The van der Waals surface area contributed by atoms with Gasteiger partial charge in [0, 0.05) is 12.7 Å². The zero-order chi connectivity index (χ0) is 17.1. The minimum atomic E-state index is 0.418. The molecule has 0 saturated heterocycles. The van der Waals surface area contributed by atoms with E-state index < -0.39 is 0 Å². The summed E-state index contributed by atoms with van der Waals surface area (Å²) in [6, 6.07) is 5.78. The Labute approximate surface area is 155 Å². The molecule has 1 aliphatic heterocycles. The van der Waals surface area contributed by atoms with Gasteiger partial charge in [-0.3, -0.25) is 0 Å². The standard InChI is InChI=1S/C16H15Cl2N3O2S/c1-9-11(17)8-19-15(14(9)18)21-16(24)20-7-10-2-3-12-13(6-10)23-5-4-22-12/h2-3,6,8H,4-5,7H2,1H3,(H2,19,20,21,24). The van der Waals surface area contributed by atoms with Crippen LogP contribution in [0.4, 0.5) is 5.82 Å². The van der Waals surface area contributed by atoms with E-state index in [4.69, 9.17) is 44.9 Å². The lowest BCUT2D eigenvalue weighted by Crippen LogP contribution is -2.28. The summed E-state index contributed by atoms with van der Waals surface area (Å²) in [5.74, 6) is 1.98. The number of hydrogen-bond acceptors (Lipinski definition) is 4. The fourth-order valence-electron chi connectivity index (χ4n) is 2.18. The maximum Gasteiger partial charge on any atom is 0.172 e. The maximum absolute atomic E-state index is 6.21. The summed E-state index contributed by atoms with van der Waals surface area (Å²) in [4.78, 5) is 4.15. The maximum atomic E-state index is 6.21. The van der Waals surface area contributed by atoms with Crippen molar-refractivity contribution < 1.29 is 9.47 Å². The van der Waals surface area contributed by atoms with Crippen LogP contribution in [0.25, 0.3) is 0 Å². The molecule has 24 heavy (non-hydrogen) atoms. The van der Waals surface area contributed by atoms with Crippen molar-refractivity contribution in [1.29, 1.82) is 0 Å². The lowest BCUT2D eigenvalue weighted by Gasteiger charge is -2.19. The van der Waals surface area contributed by atoms with Crippen LogP contribution in [0.15, 0.2) is 24.4 Å². The predicted octanol–water partition coefficient (Wildman–Crippen LogP) is 3.95. The van der Waals surface area contributed by atoms with Gasteiger partial charge in [-0.15, -0.1) is 0 Å². The van der Waals surface area contributed by atoms with Crippen molar-refractivity contribution in [1.82, 2.24) is 10.3 Å². The van der Waals surface area contributed by atoms with Crippen LogP contribution in [0.3, 0.4) is 0 Å². The number of aromatic nitrogens is 1. The molecule has 2 N–H and O–H groups in total. The average molecular weight is 384 g/mol. The van der Waals surface area contributed by atoms with E-state index in [0.717, 1.165) is 22.6 Å². The van der Waals surface area contributed by atoms with Crippen LogP contribution in [0.2, 0.25) is 10.0 Å². The van der Waals surface area contributed by atoms with Crippen molar-refractivity contribution in [2.24, 2.45) is 0 Å². The first-order chi connectivity index (χ1) is 11.5. The van der Waals surface area contributed by atoms with Gasteiger partial charge in [0.25, 0.3) is 0 Å². The second kappa shape index (κ2) is 7.42. The van der Waals surface area contributed by atoms with E-state index in [2.05, 4.69) is 15.6 Å². The molecule has 0 saturated carbocycles. The lowest BCUT2D eigenvalue weighted by atomic mass is 10.2. The van der Waals surface area contributed by atoms with Crippen molar-refractivity contribution in [3.05, 3.63) is 45.6 Å².